The molecule has 1 N–H and O–H groups in total. The van der Waals surface area contributed by atoms with Crippen LogP contribution in [-0.2, 0) is 9.59 Å². The van der Waals surface area contributed by atoms with Crippen molar-refractivity contribution in [3.63, 3.8) is 0 Å². The molecule has 0 saturated carbocycles. The molecule has 3 aromatic carbocycles. The maximum absolute atomic E-state index is 13.5. The summed E-state index contributed by atoms with van der Waals surface area (Å²) in [5.74, 6) is -0.143. The first kappa shape index (κ1) is 20.7. The summed E-state index contributed by atoms with van der Waals surface area (Å²) < 4.78 is 5.50. The molecule has 0 aromatic heterocycles. The zero-order valence-corrected chi connectivity index (χ0v) is 17.9. The molecule has 156 valence electrons. The lowest BCUT2D eigenvalue weighted by Crippen LogP contribution is -2.32. The lowest BCUT2D eigenvalue weighted by molar-refractivity contribution is -0.120. The number of aryl methyl sites for hydroxylation is 1. The number of carbonyl (C=O) groups excluding carboxylic acids is 2. The first-order valence-electron chi connectivity index (χ1n) is 9.94. The maximum atomic E-state index is 13.5. The Labute approximate surface area is 185 Å². The summed E-state index contributed by atoms with van der Waals surface area (Å²) in [5.41, 5.74) is 3.30. The lowest BCUT2D eigenvalue weighted by Gasteiger charge is -2.16. The molecule has 6 heteroatoms. The first-order valence-corrected chi connectivity index (χ1v) is 10.3. The van der Waals surface area contributed by atoms with Gasteiger partial charge in [0.25, 0.3) is 11.8 Å². The molecule has 0 aliphatic carbocycles. The SMILES string of the molecule is CCOc1ccc(C2=C(Nc3ccccc3C)C(=O)N(c3cccc(Cl)c3)C2=O)cc1. The summed E-state index contributed by atoms with van der Waals surface area (Å²) in [7, 11) is 0. The van der Waals surface area contributed by atoms with E-state index in [4.69, 9.17) is 16.3 Å². The van der Waals surface area contributed by atoms with E-state index in [0.717, 1.165) is 16.2 Å². The van der Waals surface area contributed by atoms with Crippen LogP contribution in [0.2, 0.25) is 5.02 Å². The molecule has 3 aromatic rings. The summed E-state index contributed by atoms with van der Waals surface area (Å²) in [4.78, 5) is 28.0. The van der Waals surface area contributed by atoms with Crippen LogP contribution >= 0.6 is 11.6 Å². The minimum atomic E-state index is -0.431. The Bertz CT molecular complexity index is 1190. The van der Waals surface area contributed by atoms with E-state index in [1.54, 1.807) is 48.5 Å². The van der Waals surface area contributed by atoms with Gasteiger partial charge in [0, 0.05) is 10.7 Å². The van der Waals surface area contributed by atoms with E-state index < -0.39 is 11.8 Å². The quantitative estimate of drug-likeness (QED) is 0.526. The number of imide groups is 1. The van der Waals surface area contributed by atoms with Crippen molar-refractivity contribution in [1.29, 1.82) is 0 Å². The van der Waals surface area contributed by atoms with Gasteiger partial charge in [-0.1, -0.05) is 48.0 Å². The minimum absolute atomic E-state index is 0.225. The van der Waals surface area contributed by atoms with Crippen molar-refractivity contribution in [3.05, 3.63) is 94.6 Å². The molecular weight excluding hydrogens is 412 g/mol. The van der Waals surface area contributed by atoms with Gasteiger partial charge in [-0.2, -0.15) is 0 Å². The Morgan fingerprint density at radius 1 is 0.935 bits per heavy atom. The first-order chi connectivity index (χ1) is 15.0. The molecule has 31 heavy (non-hydrogen) atoms. The summed E-state index contributed by atoms with van der Waals surface area (Å²) in [6.07, 6.45) is 0. The van der Waals surface area contributed by atoms with Gasteiger partial charge in [-0.3, -0.25) is 9.59 Å². The number of nitrogens with zero attached hydrogens (tertiary/aromatic N) is 1. The van der Waals surface area contributed by atoms with Crippen LogP contribution in [0.1, 0.15) is 18.1 Å². The molecule has 0 spiro atoms. The third kappa shape index (κ3) is 4.05. The minimum Gasteiger partial charge on any atom is -0.494 e. The summed E-state index contributed by atoms with van der Waals surface area (Å²) in [6.45, 7) is 4.39. The van der Waals surface area contributed by atoms with Crippen molar-refractivity contribution in [2.24, 2.45) is 0 Å². The number of para-hydroxylation sites is 1. The van der Waals surface area contributed by atoms with Crippen molar-refractivity contribution < 1.29 is 14.3 Å². The molecule has 4 rings (SSSR count). The monoisotopic (exact) mass is 432 g/mol. The predicted octanol–water partition coefficient (Wildman–Crippen LogP) is 5.44. The smallest absolute Gasteiger partial charge is 0.282 e. The molecule has 0 saturated heterocycles. The van der Waals surface area contributed by atoms with E-state index in [0.29, 0.717) is 34.2 Å². The second-order valence-corrected chi connectivity index (χ2v) is 7.51. The number of nitrogens with one attached hydrogen (secondary N) is 1. The van der Waals surface area contributed by atoms with E-state index in [9.17, 15) is 9.59 Å². The fourth-order valence-electron chi connectivity index (χ4n) is 3.50. The predicted molar refractivity (Wildman–Crippen MR) is 123 cm³/mol. The lowest BCUT2D eigenvalue weighted by atomic mass is 10.0. The van der Waals surface area contributed by atoms with Crippen molar-refractivity contribution >= 4 is 40.4 Å². The van der Waals surface area contributed by atoms with Crippen LogP contribution in [0.15, 0.2) is 78.5 Å². The highest BCUT2D eigenvalue weighted by Gasteiger charge is 2.40. The molecular formula is C25H21ClN2O3. The fraction of sp³-hybridized carbons (Fsp3) is 0.120. The van der Waals surface area contributed by atoms with Gasteiger partial charge in [0.05, 0.1) is 17.9 Å². The Morgan fingerprint density at radius 2 is 1.68 bits per heavy atom. The van der Waals surface area contributed by atoms with E-state index in [1.807, 2.05) is 38.1 Å². The number of hydrogen-bond acceptors (Lipinski definition) is 4. The average Bonchev–Trinajstić information content (AvgIpc) is 3.00. The number of anilines is 2. The Morgan fingerprint density at radius 3 is 2.35 bits per heavy atom. The number of halogens is 1. The van der Waals surface area contributed by atoms with Crippen LogP contribution in [0.5, 0.6) is 5.75 Å². The van der Waals surface area contributed by atoms with Gasteiger partial charge in [-0.15, -0.1) is 0 Å². The number of carbonyl (C=O) groups is 2. The molecule has 0 atom stereocenters. The van der Waals surface area contributed by atoms with Crippen LogP contribution in [0.3, 0.4) is 0 Å². The number of amides is 2. The summed E-state index contributed by atoms with van der Waals surface area (Å²) in [6, 6.07) is 21.5. The van der Waals surface area contributed by atoms with E-state index >= 15 is 0 Å². The van der Waals surface area contributed by atoms with Gasteiger partial charge in [0.2, 0.25) is 0 Å². The highest BCUT2D eigenvalue weighted by Crippen LogP contribution is 2.35. The molecule has 2 amide bonds. The second kappa shape index (κ2) is 8.66. The number of rotatable bonds is 6. The van der Waals surface area contributed by atoms with Gasteiger partial charge in [-0.25, -0.2) is 4.90 Å². The second-order valence-electron chi connectivity index (χ2n) is 7.07. The van der Waals surface area contributed by atoms with Gasteiger partial charge in [0.15, 0.2) is 0 Å². The van der Waals surface area contributed by atoms with Gasteiger partial charge >= 0.3 is 0 Å². The molecule has 0 unspecified atom stereocenters. The highest BCUT2D eigenvalue weighted by atomic mass is 35.5. The van der Waals surface area contributed by atoms with Gasteiger partial charge in [0.1, 0.15) is 11.4 Å². The molecule has 0 bridgehead atoms. The van der Waals surface area contributed by atoms with Crippen LogP contribution < -0.4 is 15.0 Å². The van der Waals surface area contributed by atoms with E-state index in [1.165, 1.54) is 0 Å². The van der Waals surface area contributed by atoms with Crippen molar-refractivity contribution in [2.75, 3.05) is 16.8 Å². The molecule has 0 radical (unpaired) electrons. The molecule has 1 heterocycles. The van der Waals surface area contributed by atoms with Crippen LogP contribution in [-0.4, -0.2) is 18.4 Å². The van der Waals surface area contributed by atoms with Gasteiger partial charge < -0.3 is 10.1 Å². The number of hydrogen-bond donors (Lipinski definition) is 1. The maximum Gasteiger partial charge on any atom is 0.282 e. The van der Waals surface area contributed by atoms with Crippen molar-refractivity contribution in [2.45, 2.75) is 13.8 Å². The van der Waals surface area contributed by atoms with Crippen LogP contribution in [0, 0.1) is 6.92 Å². The van der Waals surface area contributed by atoms with E-state index in [2.05, 4.69) is 5.32 Å². The molecule has 1 aliphatic heterocycles. The fourth-order valence-corrected chi connectivity index (χ4v) is 3.68. The highest BCUT2D eigenvalue weighted by molar-refractivity contribution is 6.46. The van der Waals surface area contributed by atoms with Crippen LogP contribution in [0.4, 0.5) is 11.4 Å². The third-order valence-corrected chi connectivity index (χ3v) is 5.24. The summed E-state index contributed by atoms with van der Waals surface area (Å²) >= 11 is 6.11. The largest absolute Gasteiger partial charge is 0.494 e. The van der Waals surface area contributed by atoms with Crippen molar-refractivity contribution in [1.82, 2.24) is 0 Å². The number of benzene rings is 3. The topological polar surface area (TPSA) is 58.6 Å². The Hall–Kier alpha value is -3.57. The zero-order chi connectivity index (χ0) is 22.0. The van der Waals surface area contributed by atoms with E-state index in [-0.39, 0.29) is 5.70 Å². The van der Waals surface area contributed by atoms with Crippen LogP contribution in [0.25, 0.3) is 5.57 Å². The zero-order valence-electron chi connectivity index (χ0n) is 17.2. The Balaban J connectivity index is 1.81. The number of ether oxygens (including phenoxy) is 1. The van der Waals surface area contributed by atoms with Gasteiger partial charge in [-0.05, 0) is 61.4 Å². The average molecular weight is 433 g/mol. The molecule has 5 nitrogen and oxygen atoms in total. The third-order valence-electron chi connectivity index (χ3n) is 5.01. The molecule has 1 aliphatic rings. The Kier molecular flexibility index (Phi) is 5.78. The molecule has 0 fully saturated rings. The summed E-state index contributed by atoms with van der Waals surface area (Å²) in [5, 5.41) is 3.64. The van der Waals surface area contributed by atoms with Crippen molar-refractivity contribution in [3.8, 4) is 5.75 Å². The normalized spacial score (nSPS) is 13.7. The standard InChI is InChI=1S/C25H21ClN2O3/c1-3-31-20-13-11-17(12-14-20)22-23(27-21-10-5-4-7-16(21)2)25(30)28(24(22)29)19-9-6-8-18(26)15-19/h4-15,27H,3H2,1-2H3.